The molecule has 0 saturated heterocycles. The van der Waals surface area contributed by atoms with Crippen molar-refractivity contribution >= 4 is 15.4 Å². The van der Waals surface area contributed by atoms with E-state index >= 15 is 0 Å². The summed E-state index contributed by atoms with van der Waals surface area (Å²) in [7, 11) is 0. The first-order valence-electron chi connectivity index (χ1n) is 14.4. The van der Waals surface area contributed by atoms with Gasteiger partial charge in [0, 0.05) is 0 Å². The molecule has 0 N–H and O–H groups in total. The summed E-state index contributed by atoms with van der Waals surface area (Å²) in [5.74, 6) is 0.524. The topological polar surface area (TPSA) is 0 Å². The van der Waals surface area contributed by atoms with Gasteiger partial charge in [-0.2, -0.15) is 0 Å². The average molecular weight is 651 g/mol. The largest absolute Gasteiger partial charge is 1.00 e. The summed E-state index contributed by atoms with van der Waals surface area (Å²) in [4.78, 5) is 0. The minimum Gasteiger partial charge on any atom is -1.00 e. The second-order valence-electron chi connectivity index (χ2n) is 14.6. The summed E-state index contributed by atoms with van der Waals surface area (Å²) in [5.41, 5.74) is 18.3. The van der Waals surface area contributed by atoms with Crippen LogP contribution in [0.3, 0.4) is 0 Å². The van der Waals surface area contributed by atoms with E-state index in [1.54, 1.807) is 17.7 Å². The quantitative estimate of drug-likeness (QED) is 0.395. The molecule has 0 bridgehead atoms. The molecule has 4 aliphatic rings. The molecule has 0 saturated carbocycles. The van der Waals surface area contributed by atoms with E-state index in [0.29, 0.717) is 5.92 Å². The zero-order chi connectivity index (χ0) is 27.7. The molecule has 0 nitrogen and oxygen atoms in total. The van der Waals surface area contributed by atoms with Gasteiger partial charge in [-0.25, -0.2) is 0 Å². The SMILES string of the molecule is [CH2]=[Zr+2]([C]1=C(C)C(C(C)(C)C)=CC1C)[C]1=C(C)c2cc3c(cc2C1(C)C)Cc1cc2c(cc1-3)C(C)=CC2(C)C.[Cl-].[Cl-]. The molecule has 2 aromatic rings. The van der Waals surface area contributed by atoms with Crippen molar-refractivity contribution in [1.29, 1.82) is 0 Å². The zero-order valence-electron chi connectivity index (χ0n) is 26.2. The monoisotopic (exact) mass is 648 g/mol. The van der Waals surface area contributed by atoms with E-state index < -0.39 is 21.3 Å². The van der Waals surface area contributed by atoms with Crippen molar-refractivity contribution in [1.82, 2.24) is 0 Å². The third kappa shape index (κ3) is 4.36. The summed E-state index contributed by atoms with van der Waals surface area (Å²) < 4.78 is 8.49. The molecule has 0 heterocycles. The molecule has 0 aliphatic heterocycles. The van der Waals surface area contributed by atoms with Crippen LogP contribution in [0.15, 0.2) is 54.1 Å². The van der Waals surface area contributed by atoms with Gasteiger partial charge in [0.1, 0.15) is 0 Å². The number of hydrogen-bond donors (Lipinski definition) is 0. The first kappa shape index (κ1) is 31.7. The maximum Gasteiger partial charge on any atom is -1.00 e. The molecule has 2 aromatic carbocycles. The third-order valence-corrected chi connectivity index (χ3v) is 17.6. The van der Waals surface area contributed by atoms with Gasteiger partial charge in [0.25, 0.3) is 0 Å². The van der Waals surface area contributed by atoms with Crippen molar-refractivity contribution in [3.8, 4) is 11.1 Å². The van der Waals surface area contributed by atoms with E-state index in [1.807, 2.05) is 0 Å². The summed E-state index contributed by atoms with van der Waals surface area (Å²) >= 11 is -2.31. The molecule has 6 rings (SSSR count). The molecule has 40 heavy (non-hydrogen) atoms. The van der Waals surface area contributed by atoms with E-state index in [9.17, 15) is 0 Å². The van der Waals surface area contributed by atoms with Gasteiger partial charge in [-0.3, -0.25) is 0 Å². The van der Waals surface area contributed by atoms with E-state index in [0.717, 1.165) is 6.42 Å². The molecule has 1 unspecified atom stereocenters. The molecule has 1 atom stereocenters. The fraction of sp³-hybridized carbons (Fsp3) is 0.432. The van der Waals surface area contributed by atoms with Crippen molar-refractivity contribution in [3.05, 3.63) is 87.5 Å². The van der Waals surface area contributed by atoms with E-state index in [-0.39, 0.29) is 41.1 Å². The van der Waals surface area contributed by atoms with Crippen LogP contribution in [0.1, 0.15) is 110 Å². The second kappa shape index (κ2) is 9.89. The van der Waals surface area contributed by atoms with Crippen LogP contribution in [-0.4, -0.2) is 4.21 Å². The van der Waals surface area contributed by atoms with Crippen molar-refractivity contribution < 1.29 is 46.1 Å². The van der Waals surface area contributed by atoms with Gasteiger partial charge in [0.05, 0.1) is 0 Å². The fourth-order valence-corrected chi connectivity index (χ4v) is 15.7. The van der Waals surface area contributed by atoms with E-state index in [4.69, 9.17) is 4.21 Å². The molecule has 3 heteroatoms. The number of fused-ring (bicyclic) bond motifs is 5. The van der Waals surface area contributed by atoms with E-state index in [2.05, 4.69) is 113 Å². The van der Waals surface area contributed by atoms with Crippen LogP contribution in [0, 0.1) is 11.3 Å². The van der Waals surface area contributed by atoms with E-state index in [1.165, 1.54) is 55.7 Å². The molecule has 210 valence electrons. The Morgan fingerprint density at radius 2 is 1.35 bits per heavy atom. The van der Waals surface area contributed by atoms with Crippen molar-refractivity contribution in [2.24, 2.45) is 11.3 Å². The predicted octanol–water partition coefficient (Wildman–Crippen LogP) is 3.93. The molecular weight excluding hydrogens is 607 g/mol. The van der Waals surface area contributed by atoms with Crippen LogP contribution < -0.4 is 24.8 Å². The number of benzene rings is 2. The molecule has 0 amide bonds. The van der Waals surface area contributed by atoms with Crippen LogP contribution in [0.25, 0.3) is 22.3 Å². The van der Waals surface area contributed by atoms with Gasteiger partial charge in [-0.15, -0.1) is 0 Å². The smallest absolute Gasteiger partial charge is 1.00 e. The number of hydrogen-bond acceptors (Lipinski definition) is 0. The molecular formula is C37H44Cl2Zr. The van der Waals surface area contributed by atoms with Crippen LogP contribution >= 0.6 is 0 Å². The zero-order valence-corrected chi connectivity index (χ0v) is 30.2. The number of allylic oxidation sites excluding steroid dienone is 8. The minimum absolute atomic E-state index is 0. The Labute approximate surface area is 263 Å². The summed E-state index contributed by atoms with van der Waals surface area (Å²) in [6.07, 6.45) is 6.05. The maximum absolute atomic E-state index is 5.07. The van der Waals surface area contributed by atoms with Crippen LogP contribution in [0.2, 0.25) is 0 Å². The van der Waals surface area contributed by atoms with Gasteiger partial charge in [-0.05, 0) is 0 Å². The first-order valence-corrected chi connectivity index (χ1v) is 18.6. The van der Waals surface area contributed by atoms with Gasteiger partial charge < -0.3 is 24.8 Å². The van der Waals surface area contributed by atoms with Crippen molar-refractivity contribution in [2.45, 2.75) is 93.4 Å². The number of rotatable bonds is 2. The predicted molar refractivity (Wildman–Crippen MR) is 164 cm³/mol. The van der Waals surface area contributed by atoms with Gasteiger partial charge in [-0.1, -0.05) is 0 Å². The second-order valence-corrected chi connectivity index (χ2v) is 19.5. The molecule has 0 spiro atoms. The van der Waals surface area contributed by atoms with Gasteiger partial charge in [0.15, 0.2) is 0 Å². The summed E-state index contributed by atoms with van der Waals surface area (Å²) in [6, 6.07) is 10.1. The first-order chi connectivity index (χ1) is 17.5. The standard InChI is InChI=1S/C25H25.C11H17.CH2.2ClH.Zr/c1-14-12-24(3,4)22-8-16-7-17-9-23-19(15(2)13-25(23,5)6)11-21(17)20(16)10-18(14)22;1-8-6-9(2)10(7-8)11(3,4)5;;;;/h8-12H,7H2,1-6H3;7-8H,1-5H3;1H2;2*1H;/q;;;;;+2/p-2. The summed E-state index contributed by atoms with van der Waals surface area (Å²) in [5, 5.41) is 0. The Hall–Kier alpha value is -1.27. The summed E-state index contributed by atoms with van der Waals surface area (Å²) in [6.45, 7) is 26.2. The molecule has 0 radical (unpaired) electrons. The Kier molecular flexibility index (Phi) is 7.83. The molecule has 4 aliphatic carbocycles. The Morgan fingerprint density at radius 3 is 1.90 bits per heavy atom. The Morgan fingerprint density at radius 1 is 0.800 bits per heavy atom. The molecule has 0 aromatic heterocycles. The molecule has 0 fully saturated rings. The van der Waals surface area contributed by atoms with Gasteiger partial charge in [0.2, 0.25) is 0 Å². The normalized spacial score (nSPS) is 21.0. The van der Waals surface area contributed by atoms with Gasteiger partial charge >= 0.3 is 240 Å². The minimum atomic E-state index is -2.31. The number of halogens is 2. The third-order valence-electron chi connectivity index (χ3n) is 10.0. The van der Waals surface area contributed by atoms with Crippen molar-refractivity contribution in [3.63, 3.8) is 0 Å². The Bertz CT molecular complexity index is 1610. The average Bonchev–Trinajstić information content (AvgIpc) is 3.43. The van der Waals surface area contributed by atoms with Crippen molar-refractivity contribution in [2.75, 3.05) is 0 Å². The van der Waals surface area contributed by atoms with Crippen LogP contribution in [-0.2, 0) is 38.5 Å². The van der Waals surface area contributed by atoms with Crippen LogP contribution in [0.4, 0.5) is 0 Å². The Balaban J connectivity index is 0.00000185. The maximum atomic E-state index is 5.07. The van der Waals surface area contributed by atoms with Crippen LogP contribution in [0.5, 0.6) is 0 Å². The fourth-order valence-electron chi connectivity index (χ4n) is 8.41.